The van der Waals surface area contributed by atoms with Crippen LogP contribution in [0.15, 0.2) is 58.4 Å². The Bertz CT molecular complexity index is 810. The molecule has 24 heavy (non-hydrogen) atoms. The minimum atomic E-state index is 0.299. The van der Waals surface area contributed by atoms with Crippen LogP contribution in [0, 0.1) is 11.3 Å². The number of nitrogens with zero attached hydrogens (tertiary/aromatic N) is 3. The Hall–Kier alpha value is -1.96. The van der Waals surface area contributed by atoms with Crippen molar-refractivity contribution in [1.29, 1.82) is 5.26 Å². The Morgan fingerprint density at radius 3 is 2.50 bits per heavy atom. The van der Waals surface area contributed by atoms with Crippen LogP contribution in [0.3, 0.4) is 0 Å². The Morgan fingerprint density at radius 1 is 1.12 bits per heavy atom. The molecule has 1 fully saturated rings. The summed E-state index contributed by atoms with van der Waals surface area (Å²) < 4.78 is 0. The van der Waals surface area contributed by atoms with Gasteiger partial charge in [0.05, 0.1) is 30.1 Å². The number of likely N-dealkylation sites (N-methyl/N-ethyl adjacent to an activating group) is 1. The highest BCUT2D eigenvalue weighted by Gasteiger charge is 2.55. The van der Waals surface area contributed by atoms with E-state index in [1.165, 1.54) is 10.5 Å². The SMILES string of the molecule is CN1C=NC2C(c3ccc(C#N)cc3)C(Sc3ccc(Cl)cc3)C21. The lowest BCUT2D eigenvalue weighted by atomic mass is 9.70. The molecule has 0 aromatic heterocycles. The Balaban J connectivity index is 1.62. The molecule has 5 heteroatoms. The molecule has 4 unspecified atom stereocenters. The van der Waals surface area contributed by atoms with E-state index in [4.69, 9.17) is 21.9 Å². The molecule has 2 aromatic carbocycles. The number of nitriles is 1. The van der Waals surface area contributed by atoms with Crippen molar-refractivity contribution >= 4 is 29.7 Å². The fourth-order valence-electron chi connectivity index (χ4n) is 3.56. The average Bonchev–Trinajstić information content (AvgIpc) is 2.91. The molecule has 120 valence electrons. The number of fused-ring (bicyclic) bond motifs is 1. The van der Waals surface area contributed by atoms with E-state index in [9.17, 15) is 0 Å². The molecule has 4 atom stereocenters. The van der Waals surface area contributed by atoms with E-state index < -0.39 is 0 Å². The summed E-state index contributed by atoms with van der Waals surface area (Å²) in [7, 11) is 2.10. The van der Waals surface area contributed by atoms with Gasteiger partial charge in [-0.1, -0.05) is 23.7 Å². The summed E-state index contributed by atoms with van der Waals surface area (Å²) in [6, 6.07) is 18.9. The Kier molecular flexibility index (Phi) is 3.99. The molecule has 0 spiro atoms. The molecule has 0 saturated heterocycles. The van der Waals surface area contributed by atoms with Gasteiger partial charge in [0.15, 0.2) is 0 Å². The topological polar surface area (TPSA) is 39.4 Å². The van der Waals surface area contributed by atoms with Gasteiger partial charge in [0.2, 0.25) is 0 Å². The van der Waals surface area contributed by atoms with Crippen LogP contribution in [0.25, 0.3) is 0 Å². The van der Waals surface area contributed by atoms with Crippen molar-refractivity contribution in [1.82, 2.24) is 4.90 Å². The van der Waals surface area contributed by atoms with Gasteiger partial charge in [-0.25, -0.2) is 0 Å². The molecule has 2 aliphatic rings. The van der Waals surface area contributed by atoms with Crippen LogP contribution in [-0.4, -0.2) is 35.6 Å². The predicted octanol–water partition coefficient (Wildman–Crippen LogP) is 4.18. The molecule has 1 heterocycles. The second kappa shape index (κ2) is 6.16. The van der Waals surface area contributed by atoms with Gasteiger partial charge < -0.3 is 4.90 Å². The van der Waals surface area contributed by atoms with Crippen molar-refractivity contribution in [2.75, 3.05) is 7.05 Å². The van der Waals surface area contributed by atoms with Gasteiger partial charge in [0, 0.05) is 28.1 Å². The fraction of sp³-hybridized carbons (Fsp3) is 0.263. The molecule has 1 aliphatic heterocycles. The molecule has 0 radical (unpaired) electrons. The summed E-state index contributed by atoms with van der Waals surface area (Å²) in [6.45, 7) is 0. The molecule has 1 saturated carbocycles. The third-order valence-electron chi connectivity index (χ3n) is 4.81. The third-order valence-corrected chi connectivity index (χ3v) is 6.45. The number of hydrogen-bond donors (Lipinski definition) is 0. The highest BCUT2D eigenvalue weighted by molar-refractivity contribution is 8.00. The molecule has 0 bridgehead atoms. The number of rotatable bonds is 3. The highest BCUT2D eigenvalue weighted by Crippen LogP contribution is 2.52. The lowest BCUT2D eigenvalue weighted by Crippen LogP contribution is -2.58. The first-order chi connectivity index (χ1) is 11.7. The lowest BCUT2D eigenvalue weighted by Gasteiger charge is -2.49. The summed E-state index contributed by atoms with van der Waals surface area (Å²) in [5, 5.41) is 10.2. The van der Waals surface area contributed by atoms with Crippen LogP contribution in [0.1, 0.15) is 17.0 Å². The highest BCUT2D eigenvalue weighted by atomic mass is 35.5. The monoisotopic (exact) mass is 353 g/mol. The lowest BCUT2D eigenvalue weighted by molar-refractivity contribution is 0.211. The van der Waals surface area contributed by atoms with Gasteiger partial charge in [0.25, 0.3) is 0 Å². The number of hydrogen-bond acceptors (Lipinski definition) is 4. The van der Waals surface area contributed by atoms with Crippen LogP contribution in [0.4, 0.5) is 0 Å². The summed E-state index contributed by atoms with van der Waals surface area (Å²) in [4.78, 5) is 8.14. The largest absolute Gasteiger partial charge is 0.360 e. The van der Waals surface area contributed by atoms with Crippen LogP contribution >= 0.6 is 23.4 Å². The standard InChI is InChI=1S/C19H16ClN3S/c1-23-11-22-17-16(13-4-2-12(10-21)3-5-13)19(18(17)23)24-15-8-6-14(20)7-9-15/h2-9,11,16-19H,1H3. The van der Waals surface area contributed by atoms with Crippen LogP contribution in [-0.2, 0) is 0 Å². The maximum Gasteiger partial charge on any atom is 0.0991 e. The third kappa shape index (κ3) is 2.58. The number of thioether (sulfide) groups is 1. The number of halogens is 1. The maximum atomic E-state index is 9.00. The quantitative estimate of drug-likeness (QED) is 0.830. The number of benzene rings is 2. The van der Waals surface area contributed by atoms with E-state index >= 15 is 0 Å². The fourth-order valence-corrected chi connectivity index (χ4v) is 5.25. The van der Waals surface area contributed by atoms with Crippen molar-refractivity contribution in [3.8, 4) is 6.07 Å². The van der Waals surface area contributed by atoms with E-state index in [1.54, 1.807) is 0 Å². The van der Waals surface area contributed by atoms with Crippen molar-refractivity contribution < 1.29 is 0 Å². The zero-order valence-electron chi connectivity index (χ0n) is 13.1. The van der Waals surface area contributed by atoms with Crippen LogP contribution in [0.2, 0.25) is 5.02 Å². The minimum absolute atomic E-state index is 0.299. The molecular weight excluding hydrogens is 338 g/mol. The van der Waals surface area contributed by atoms with Gasteiger partial charge in [0.1, 0.15) is 0 Å². The molecule has 3 nitrogen and oxygen atoms in total. The van der Waals surface area contributed by atoms with E-state index in [1.807, 2.05) is 42.4 Å². The Morgan fingerprint density at radius 2 is 1.83 bits per heavy atom. The first-order valence-electron chi connectivity index (χ1n) is 7.85. The zero-order chi connectivity index (χ0) is 16.7. The molecule has 2 aromatic rings. The molecule has 4 rings (SSSR count). The van der Waals surface area contributed by atoms with Crippen LogP contribution in [0.5, 0.6) is 0 Å². The molecule has 0 amide bonds. The second-order valence-electron chi connectivity index (χ2n) is 6.21. The zero-order valence-corrected chi connectivity index (χ0v) is 14.7. The van der Waals surface area contributed by atoms with Gasteiger partial charge in [-0.2, -0.15) is 5.26 Å². The smallest absolute Gasteiger partial charge is 0.0991 e. The van der Waals surface area contributed by atoms with Gasteiger partial charge >= 0.3 is 0 Å². The first kappa shape index (κ1) is 15.6. The van der Waals surface area contributed by atoms with Gasteiger partial charge in [-0.3, -0.25) is 4.99 Å². The maximum absolute atomic E-state index is 9.00. The summed E-state index contributed by atoms with van der Waals surface area (Å²) >= 11 is 7.88. The molecule has 1 aliphatic carbocycles. The summed E-state index contributed by atoms with van der Waals surface area (Å²) in [5.41, 5.74) is 1.96. The van der Waals surface area contributed by atoms with E-state index in [0.717, 1.165) is 5.02 Å². The minimum Gasteiger partial charge on any atom is -0.360 e. The Labute approximate surface area is 151 Å². The molecular formula is C19H16ClN3S. The molecule has 0 N–H and O–H groups in total. The summed E-state index contributed by atoms with van der Waals surface area (Å²) in [6.07, 6.45) is 1.95. The van der Waals surface area contributed by atoms with E-state index in [-0.39, 0.29) is 0 Å². The van der Waals surface area contributed by atoms with Crippen molar-refractivity contribution in [3.63, 3.8) is 0 Å². The first-order valence-corrected chi connectivity index (χ1v) is 9.10. The van der Waals surface area contributed by atoms with E-state index in [0.29, 0.717) is 28.8 Å². The van der Waals surface area contributed by atoms with Crippen molar-refractivity contribution in [3.05, 3.63) is 64.7 Å². The van der Waals surface area contributed by atoms with Crippen molar-refractivity contribution in [2.45, 2.75) is 28.1 Å². The van der Waals surface area contributed by atoms with Crippen LogP contribution < -0.4 is 0 Å². The van der Waals surface area contributed by atoms with Crippen molar-refractivity contribution in [2.24, 2.45) is 4.99 Å². The average molecular weight is 354 g/mol. The normalized spacial score (nSPS) is 27.5. The van der Waals surface area contributed by atoms with Gasteiger partial charge in [-0.15, -0.1) is 11.8 Å². The number of aliphatic imine (C=N–C) groups is 1. The van der Waals surface area contributed by atoms with Gasteiger partial charge in [-0.05, 0) is 42.0 Å². The predicted molar refractivity (Wildman–Crippen MR) is 98.8 cm³/mol. The second-order valence-corrected chi connectivity index (χ2v) is 7.90. The van der Waals surface area contributed by atoms with E-state index in [2.05, 4.69) is 42.3 Å². The summed E-state index contributed by atoms with van der Waals surface area (Å²) in [5.74, 6) is 0.365.